The molecule has 137 valence electrons. The second-order valence-electron chi connectivity index (χ2n) is 7.36. The largest absolute Gasteiger partial charge is 0.300 e. The highest BCUT2D eigenvalue weighted by Crippen LogP contribution is 2.16. The van der Waals surface area contributed by atoms with Crippen LogP contribution in [0.2, 0.25) is 0 Å². The summed E-state index contributed by atoms with van der Waals surface area (Å²) in [6.45, 7) is 6.84. The van der Waals surface area contributed by atoms with E-state index in [0.717, 1.165) is 31.6 Å². The Bertz CT molecular complexity index is 246. The highest BCUT2D eigenvalue weighted by atomic mass is 16.1. The highest BCUT2D eigenvalue weighted by molar-refractivity contribution is 5.78. The Morgan fingerprint density at radius 3 is 1.87 bits per heavy atom. The van der Waals surface area contributed by atoms with Crippen LogP contribution in [0, 0.1) is 12.3 Å². The van der Waals surface area contributed by atoms with Crippen molar-refractivity contribution in [1.29, 1.82) is 0 Å². The van der Waals surface area contributed by atoms with Crippen molar-refractivity contribution in [2.45, 2.75) is 124 Å². The van der Waals surface area contributed by atoms with Crippen LogP contribution >= 0.6 is 0 Å². The SMILES string of the molecule is CCCCCCCCCCC(=O)CCCC[CH]C(C)CCCC. The van der Waals surface area contributed by atoms with E-state index in [0.29, 0.717) is 5.78 Å². The predicted molar refractivity (Wildman–Crippen MR) is 104 cm³/mol. The summed E-state index contributed by atoms with van der Waals surface area (Å²) in [5, 5.41) is 0. The Balaban J connectivity index is 3.25. The van der Waals surface area contributed by atoms with Gasteiger partial charge < -0.3 is 0 Å². The molecule has 0 saturated heterocycles. The van der Waals surface area contributed by atoms with E-state index < -0.39 is 0 Å². The first-order valence-electron chi connectivity index (χ1n) is 10.6. The monoisotopic (exact) mass is 323 g/mol. The molecule has 0 amide bonds. The summed E-state index contributed by atoms with van der Waals surface area (Å²) >= 11 is 0. The Labute approximate surface area is 147 Å². The fourth-order valence-corrected chi connectivity index (χ4v) is 3.09. The van der Waals surface area contributed by atoms with Gasteiger partial charge >= 0.3 is 0 Å². The number of hydrogen-bond donors (Lipinski definition) is 0. The zero-order chi connectivity index (χ0) is 17.2. The molecule has 0 aliphatic carbocycles. The van der Waals surface area contributed by atoms with E-state index in [4.69, 9.17) is 0 Å². The maximum atomic E-state index is 11.8. The molecular weight excluding hydrogens is 280 g/mol. The standard InChI is InChI=1S/C22H43O/c1-4-6-8-9-10-11-12-15-19-22(23)20-16-13-14-18-21(3)17-7-5-2/h18,21H,4-17,19-20H2,1-3H3. The maximum absolute atomic E-state index is 11.8. The normalized spacial score (nSPS) is 12.5. The van der Waals surface area contributed by atoms with Crippen molar-refractivity contribution in [2.24, 2.45) is 5.92 Å². The average molecular weight is 324 g/mol. The number of unbranched alkanes of at least 4 members (excludes halogenated alkanes) is 10. The molecule has 23 heavy (non-hydrogen) atoms. The van der Waals surface area contributed by atoms with Gasteiger partial charge in [0, 0.05) is 12.8 Å². The highest BCUT2D eigenvalue weighted by Gasteiger charge is 2.04. The summed E-state index contributed by atoms with van der Waals surface area (Å²) in [7, 11) is 0. The smallest absolute Gasteiger partial charge is 0.132 e. The minimum Gasteiger partial charge on any atom is -0.300 e. The predicted octanol–water partition coefficient (Wildman–Crippen LogP) is 7.68. The fraction of sp³-hybridized carbons (Fsp3) is 0.909. The number of carbonyl (C=O) groups is 1. The van der Waals surface area contributed by atoms with E-state index in [2.05, 4.69) is 27.2 Å². The molecule has 1 heteroatoms. The van der Waals surface area contributed by atoms with Gasteiger partial charge in [0.05, 0.1) is 0 Å². The van der Waals surface area contributed by atoms with E-state index >= 15 is 0 Å². The number of ketones is 1. The molecule has 0 N–H and O–H groups in total. The lowest BCUT2D eigenvalue weighted by atomic mass is 9.96. The molecule has 0 aliphatic heterocycles. The molecule has 1 nitrogen and oxygen atoms in total. The Hall–Kier alpha value is -0.330. The van der Waals surface area contributed by atoms with Crippen molar-refractivity contribution in [3.63, 3.8) is 0 Å². The molecule has 0 heterocycles. The number of carbonyl (C=O) groups excluding carboxylic acids is 1. The Morgan fingerprint density at radius 1 is 0.739 bits per heavy atom. The third-order valence-corrected chi connectivity index (χ3v) is 4.80. The van der Waals surface area contributed by atoms with Gasteiger partial charge in [-0.1, -0.05) is 91.4 Å². The Kier molecular flexibility index (Phi) is 17.8. The van der Waals surface area contributed by atoms with E-state index in [1.807, 2.05) is 0 Å². The molecule has 1 unspecified atom stereocenters. The van der Waals surface area contributed by atoms with Gasteiger partial charge in [-0.05, 0) is 31.6 Å². The first kappa shape index (κ1) is 22.7. The molecular formula is C22H43O. The molecule has 0 aromatic carbocycles. The number of hydrogen-bond acceptors (Lipinski definition) is 1. The zero-order valence-electron chi connectivity index (χ0n) is 16.4. The lowest BCUT2D eigenvalue weighted by Crippen LogP contribution is -1.99. The molecule has 0 bridgehead atoms. The van der Waals surface area contributed by atoms with Crippen molar-refractivity contribution in [2.75, 3.05) is 0 Å². The molecule has 0 aromatic rings. The zero-order valence-corrected chi connectivity index (χ0v) is 16.4. The second kappa shape index (κ2) is 18.0. The topological polar surface area (TPSA) is 17.1 Å². The first-order valence-corrected chi connectivity index (χ1v) is 10.6. The van der Waals surface area contributed by atoms with Crippen LogP contribution in [0.1, 0.15) is 124 Å². The summed E-state index contributed by atoms with van der Waals surface area (Å²) in [6, 6.07) is 0. The van der Waals surface area contributed by atoms with E-state index in [-0.39, 0.29) is 0 Å². The summed E-state index contributed by atoms with van der Waals surface area (Å²) < 4.78 is 0. The van der Waals surface area contributed by atoms with E-state index in [1.54, 1.807) is 0 Å². The van der Waals surface area contributed by atoms with Crippen molar-refractivity contribution in [3.05, 3.63) is 6.42 Å². The summed E-state index contributed by atoms with van der Waals surface area (Å²) in [6.07, 6.45) is 22.1. The summed E-state index contributed by atoms with van der Waals surface area (Å²) in [5.41, 5.74) is 0. The molecule has 0 rings (SSSR count). The van der Waals surface area contributed by atoms with Crippen LogP contribution in [0.3, 0.4) is 0 Å². The average Bonchev–Trinajstić information content (AvgIpc) is 2.55. The van der Waals surface area contributed by atoms with Gasteiger partial charge in [-0.15, -0.1) is 0 Å². The minimum absolute atomic E-state index is 0.495. The molecule has 0 fully saturated rings. The van der Waals surface area contributed by atoms with Gasteiger partial charge in [0.1, 0.15) is 5.78 Å². The second-order valence-corrected chi connectivity index (χ2v) is 7.36. The molecule has 1 atom stereocenters. The van der Waals surface area contributed by atoms with E-state index in [9.17, 15) is 4.79 Å². The van der Waals surface area contributed by atoms with Crippen LogP contribution in [-0.2, 0) is 4.79 Å². The van der Waals surface area contributed by atoms with E-state index in [1.165, 1.54) is 77.0 Å². The third kappa shape index (κ3) is 17.9. The van der Waals surface area contributed by atoms with Gasteiger partial charge in [-0.2, -0.15) is 0 Å². The number of Topliss-reactive ketones (excluding diaryl/α,β-unsaturated/α-hetero) is 1. The lowest BCUT2D eigenvalue weighted by molar-refractivity contribution is -0.119. The van der Waals surface area contributed by atoms with Crippen LogP contribution in [-0.4, -0.2) is 5.78 Å². The van der Waals surface area contributed by atoms with Gasteiger partial charge in [0.25, 0.3) is 0 Å². The molecule has 0 aromatic heterocycles. The summed E-state index contributed by atoms with van der Waals surface area (Å²) in [4.78, 5) is 11.8. The third-order valence-electron chi connectivity index (χ3n) is 4.80. The minimum atomic E-state index is 0.495. The number of rotatable bonds is 18. The van der Waals surface area contributed by atoms with Crippen molar-refractivity contribution in [3.8, 4) is 0 Å². The fourth-order valence-electron chi connectivity index (χ4n) is 3.09. The van der Waals surface area contributed by atoms with Gasteiger partial charge in [-0.3, -0.25) is 4.79 Å². The quantitative estimate of drug-likeness (QED) is 0.236. The van der Waals surface area contributed by atoms with Crippen LogP contribution in [0.4, 0.5) is 0 Å². The van der Waals surface area contributed by atoms with Crippen LogP contribution < -0.4 is 0 Å². The van der Waals surface area contributed by atoms with Crippen molar-refractivity contribution < 1.29 is 4.79 Å². The Morgan fingerprint density at radius 2 is 1.26 bits per heavy atom. The van der Waals surface area contributed by atoms with Crippen molar-refractivity contribution in [1.82, 2.24) is 0 Å². The molecule has 1 radical (unpaired) electrons. The van der Waals surface area contributed by atoms with Crippen LogP contribution in [0.25, 0.3) is 0 Å². The molecule has 0 saturated carbocycles. The summed E-state index contributed by atoms with van der Waals surface area (Å²) in [5.74, 6) is 1.25. The van der Waals surface area contributed by atoms with Gasteiger partial charge in [0.2, 0.25) is 0 Å². The lowest BCUT2D eigenvalue weighted by Gasteiger charge is -2.09. The maximum Gasteiger partial charge on any atom is 0.132 e. The van der Waals surface area contributed by atoms with Crippen LogP contribution in [0.15, 0.2) is 0 Å². The molecule has 0 aliphatic rings. The van der Waals surface area contributed by atoms with Gasteiger partial charge in [0.15, 0.2) is 0 Å². The van der Waals surface area contributed by atoms with Gasteiger partial charge in [-0.25, -0.2) is 0 Å². The molecule has 0 spiro atoms. The van der Waals surface area contributed by atoms with Crippen molar-refractivity contribution >= 4 is 5.78 Å². The first-order chi connectivity index (χ1) is 11.2. The van der Waals surface area contributed by atoms with Crippen LogP contribution in [0.5, 0.6) is 0 Å².